The lowest BCUT2D eigenvalue weighted by molar-refractivity contribution is -0.113. The van der Waals surface area contributed by atoms with Crippen molar-refractivity contribution in [3.8, 4) is 11.5 Å². The van der Waals surface area contributed by atoms with Gasteiger partial charge in [-0.15, -0.1) is 0 Å². The molecular formula is C25H24N2O4. The maximum absolute atomic E-state index is 13.0. The molecule has 158 valence electrons. The summed E-state index contributed by atoms with van der Waals surface area (Å²) >= 11 is 0. The minimum absolute atomic E-state index is 0.0900. The van der Waals surface area contributed by atoms with Crippen molar-refractivity contribution in [3.63, 3.8) is 0 Å². The third-order valence-electron chi connectivity index (χ3n) is 4.39. The molecule has 0 heterocycles. The lowest BCUT2D eigenvalue weighted by atomic mass is 10.1. The number of methoxy groups -OCH3 is 1. The maximum atomic E-state index is 13.0. The second-order valence-electron chi connectivity index (χ2n) is 6.53. The number of nitrogens with one attached hydrogen (secondary N) is 2. The van der Waals surface area contributed by atoms with E-state index in [1.807, 2.05) is 25.1 Å². The van der Waals surface area contributed by atoms with Gasteiger partial charge in [-0.25, -0.2) is 0 Å². The van der Waals surface area contributed by atoms with Gasteiger partial charge in [0, 0.05) is 16.8 Å². The largest absolute Gasteiger partial charge is 0.496 e. The van der Waals surface area contributed by atoms with E-state index in [-0.39, 0.29) is 11.6 Å². The fraction of sp³-hybridized carbons (Fsp3) is 0.120. The highest BCUT2D eigenvalue weighted by atomic mass is 16.5. The summed E-state index contributed by atoms with van der Waals surface area (Å²) in [7, 11) is 1.55. The van der Waals surface area contributed by atoms with Crippen LogP contribution < -0.4 is 20.1 Å². The van der Waals surface area contributed by atoms with E-state index >= 15 is 0 Å². The summed E-state index contributed by atoms with van der Waals surface area (Å²) in [6.45, 7) is 2.46. The lowest BCUT2D eigenvalue weighted by Crippen LogP contribution is -2.30. The standard InChI is InChI=1S/C25H24N2O4/c1-3-31-21-15-13-20(14-16-21)26-25(29)22(17-19-11-7-8-12-23(19)30-2)27-24(28)18-9-5-4-6-10-18/h4-17H,3H2,1-2H3,(H,26,29)(H,27,28)/b22-17+. The molecule has 0 unspecified atom stereocenters. The van der Waals surface area contributed by atoms with E-state index in [0.29, 0.717) is 34.9 Å². The van der Waals surface area contributed by atoms with Crippen LogP contribution in [0.1, 0.15) is 22.8 Å². The number of anilines is 1. The fourth-order valence-electron chi connectivity index (χ4n) is 2.88. The highest BCUT2D eigenvalue weighted by Crippen LogP contribution is 2.21. The van der Waals surface area contributed by atoms with Crippen LogP contribution >= 0.6 is 0 Å². The topological polar surface area (TPSA) is 76.7 Å². The first-order chi connectivity index (χ1) is 15.1. The summed E-state index contributed by atoms with van der Waals surface area (Å²) in [5, 5.41) is 5.52. The molecule has 0 spiro atoms. The highest BCUT2D eigenvalue weighted by molar-refractivity contribution is 6.10. The molecule has 0 radical (unpaired) electrons. The van der Waals surface area contributed by atoms with Crippen LogP contribution in [-0.2, 0) is 4.79 Å². The SMILES string of the molecule is CCOc1ccc(NC(=O)/C(=C\c2ccccc2OC)NC(=O)c2ccccc2)cc1. The van der Waals surface area contributed by atoms with E-state index in [2.05, 4.69) is 10.6 Å². The molecule has 6 heteroatoms. The van der Waals surface area contributed by atoms with Gasteiger partial charge in [-0.1, -0.05) is 36.4 Å². The van der Waals surface area contributed by atoms with Crippen LogP contribution in [0.3, 0.4) is 0 Å². The highest BCUT2D eigenvalue weighted by Gasteiger charge is 2.16. The first-order valence-corrected chi connectivity index (χ1v) is 9.86. The van der Waals surface area contributed by atoms with Gasteiger partial charge in [-0.3, -0.25) is 9.59 Å². The number of amides is 2. The van der Waals surface area contributed by atoms with Crippen LogP contribution in [0, 0.1) is 0 Å². The number of para-hydroxylation sites is 1. The van der Waals surface area contributed by atoms with Gasteiger partial charge in [0.05, 0.1) is 13.7 Å². The Morgan fingerprint density at radius 2 is 1.58 bits per heavy atom. The number of hydrogen-bond acceptors (Lipinski definition) is 4. The number of benzene rings is 3. The molecule has 2 amide bonds. The molecule has 0 aliphatic rings. The average molecular weight is 416 g/mol. The van der Waals surface area contributed by atoms with E-state index in [9.17, 15) is 9.59 Å². The van der Waals surface area contributed by atoms with Crippen LogP contribution in [0.5, 0.6) is 11.5 Å². The van der Waals surface area contributed by atoms with Gasteiger partial charge in [0.2, 0.25) is 0 Å². The number of carbonyl (C=O) groups is 2. The fourth-order valence-corrected chi connectivity index (χ4v) is 2.88. The van der Waals surface area contributed by atoms with E-state index in [4.69, 9.17) is 9.47 Å². The molecule has 0 atom stereocenters. The van der Waals surface area contributed by atoms with Crippen molar-refractivity contribution < 1.29 is 19.1 Å². The minimum Gasteiger partial charge on any atom is -0.496 e. The molecule has 0 saturated carbocycles. The van der Waals surface area contributed by atoms with Gasteiger partial charge in [-0.2, -0.15) is 0 Å². The Morgan fingerprint density at radius 3 is 2.26 bits per heavy atom. The average Bonchev–Trinajstić information content (AvgIpc) is 2.81. The van der Waals surface area contributed by atoms with Crippen molar-refractivity contribution >= 4 is 23.6 Å². The molecule has 3 aromatic rings. The summed E-state index contributed by atoms with van der Waals surface area (Å²) in [6.07, 6.45) is 1.59. The molecule has 0 fully saturated rings. The molecule has 2 N–H and O–H groups in total. The van der Waals surface area contributed by atoms with Gasteiger partial charge < -0.3 is 20.1 Å². The maximum Gasteiger partial charge on any atom is 0.272 e. The van der Waals surface area contributed by atoms with Crippen molar-refractivity contribution in [2.75, 3.05) is 19.0 Å². The summed E-state index contributed by atoms with van der Waals surface area (Å²) in [5.41, 5.74) is 1.78. The Balaban J connectivity index is 1.88. The van der Waals surface area contributed by atoms with Crippen molar-refractivity contribution in [2.45, 2.75) is 6.92 Å². The molecule has 0 bridgehead atoms. The number of ether oxygens (including phenoxy) is 2. The Hall–Kier alpha value is -4.06. The van der Waals surface area contributed by atoms with Gasteiger partial charge in [0.25, 0.3) is 11.8 Å². The monoisotopic (exact) mass is 416 g/mol. The van der Waals surface area contributed by atoms with Crippen LogP contribution in [0.15, 0.2) is 84.6 Å². The Morgan fingerprint density at radius 1 is 0.903 bits per heavy atom. The van der Waals surface area contributed by atoms with Crippen molar-refractivity contribution in [1.82, 2.24) is 5.32 Å². The number of hydrogen-bond donors (Lipinski definition) is 2. The number of carbonyl (C=O) groups excluding carboxylic acids is 2. The van der Waals surface area contributed by atoms with E-state index < -0.39 is 5.91 Å². The van der Waals surface area contributed by atoms with Crippen LogP contribution in [-0.4, -0.2) is 25.5 Å². The molecule has 6 nitrogen and oxygen atoms in total. The van der Waals surface area contributed by atoms with Crippen LogP contribution in [0.4, 0.5) is 5.69 Å². The zero-order valence-corrected chi connectivity index (χ0v) is 17.4. The molecule has 0 saturated heterocycles. The Labute approximate surface area is 181 Å². The molecule has 3 rings (SSSR count). The predicted octanol–water partition coefficient (Wildman–Crippen LogP) is 4.50. The molecule has 0 aromatic heterocycles. The van der Waals surface area contributed by atoms with Crippen molar-refractivity contribution in [1.29, 1.82) is 0 Å². The second-order valence-corrected chi connectivity index (χ2v) is 6.53. The third-order valence-corrected chi connectivity index (χ3v) is 4.39. The molecular weight excluding hydrogens is 392 g/mol. The van der Waals surface area contributed by atoms with E-state index in [1.54, 1.807) is 73.8 Å². The Kier molecular flexibility index (Phi) is 7.43. The van der Waals surface area contributed by atoms with E-state index in [1.165, 1.54) is 0 Å². The van der Waals surface area contributed by atoms with Gasteiger partial charge in [0.1, 0.15) is 17.2 Å². The van der Waals surface area contributed by atoms with Crippen LogP contribution in [0.2, 0.25) is 0 Å². The minimum atomic E-state index is -0.459. The first-order valence-electron chi connectivity index (χ1n) is 9.86. The zero-order chi connectivity index (χ0) is 22.1. The first kappa shape index (κ1) is 21.6. The molecule has 3 aromatic carbocycles. The lowest BCUT2D eigenvalue weighted by Gasteiger charge is -2.13. The third kappa shape index (κ3) is 5.96. The summed E-state index contributed by atoms with van der Waals surface area (Å²) in [4.78, 5) is 25.7. The predicted molar refractivity (Wildman–Crippen MR) is 121 cm³/mol. The van der Waals surface area contributed by atoms with Crippen molar-refractivity contribution in [3.05, 3.63) is 95.7 Å². The molecule has 0 aliphatic heterocycles. The summed E-state index contributed by atoms with van der Waals surface area (Å²) < 4.78 is 10.8. The quantitative estimate of drug-likeness (QED) is 0.530. The van der Waals surface area contributed by atoms with E-state index in [0.717, 1.165) is 0 Å². The second kappa shape index (κ2) is 10.6. The summed E-state index contributed by atoms with van der Waals surface area (Å²) in [6, 6.07) is 23.0. The van der Waals surface area contributed by atoms with Gasteiger partial charge in [0.15, 0.2) is 0 Å². The van der Waals surface area contributed by atoms with Crippen LogP contribution in [0.25, 0.3) is 6.08 Å². The Bertz CT molecular complexity index is 1060. The van der Waals surface area contributed by atoms with Crippen molar-refractivity contribution in [2.24, 2.45) is 0 Å². The molecule has 31 heavy (non-hydrogen) atoms. The number of rotatable bonds is 8. The van der Waals surface area contributed by atoms with Gasteiger partial charge >= 0.3 is 0 Å². The van der Waals surface area contributed by atoms with Gasteiger partial charge in [-0.05, 0) is 55.5 Å². The smallest absolute Gasteiger partial charge is 0.272 e. The zero-order valence-electron chi connectivity index (χ0n) is 17.4. The molecule has 0 aliphatic carbocycles. The summed E-state index contributed by atoms with van der Waals surface area (Å²) in [5.74, 6) is 0.452. The normalized spacial score (nSPS) is 10.8.